The molecule has 0 amide bonds. The van der Waals surface area contributed by atoms with Crippen LogP contribution in [0.3, 0.4) is 0 Å². The van der Waals surface area contributed by atoms with Crippen LogP contribution in [0.2, 0.25) is 0 Å². The van der Waals surface area contributed by atoms with E-state index in [4.69, 9.17) is 24.7 Å². The maximum Gasteiger partial charge on any atom is 0.333 e. The molecular weight excluding hydrogens is 398 g/mol. The number of nitrogens with one attached hydrogen (secondary N) is 1. The summed E-state index contributed by atoms with van der Waals surface area (Å²) in [5.74, 6) is -0.981. The van der Waals surface area contributed by atoms with Gasteiger partial charge in [0.05, 0.1) is 19.8 Å². The third-order valence-corrected chi connectivity index (χ3v) is 5.82. The van der Waals surface area contributed by atoms with Crippen LogP contribution in [-0.2, 0) is 25.5 Å². The van der Waals surface area contributed by atoms with Crippen LogP contribution in [0, 0.1) is 0 Å². The van der Waals surface area contributed by atoms with Crippen molar-refractivity contribution in [3.63, 3.8) is 0 Å². The van der Waals surface area contributed by atoms with Gasteiger partial charge in [0.25, 0.3) is 5.56 Å². The molecule has 0 unspecified atom stereocenters. The molecule has 4 N–H and O–H groups in total. The van der Waals surface area contributed by atoms with E-state index >= 15 is 0 Å². The minimum absolute atomic E-state index is 0.0568. The number of nitrogens with zero attached hydrogens (tertiary/aromatic N) is 3. The van der Waals surface area contributed by atoms with Crippen molar-refractivity contribution in [3.8, 4) is 0 Å². The number of rotatable bonds is 4. The standard InChI is InChI=1S/C18H23N5O7/c1-2-5-22-10-13(20-16(19)21-14(10)25)23(17(22)26)15-12-11(9(8-24)28-15)29-18(30-12)3-6-27-7-4-18/h2,9,11-12,15,24H,1,3-8H2,(H3,19,20,21,25)/t9-,11-,12-,15-/m1/s1. The zero-order valence-electron chi connectivity index (χ0n) is 16.2. The van der Waals surface area contributed by atoms with E-state index in [1.54, 1.807) is 0 Å². The Kier molecular flexibility index (Phi) is 4.56. The van der Waals surface area contributed by atoms with Crippen molar-refractivity contribution in [2.45, 2.75) is 49.7 Å². The molecule has 162 valence electrons. The van der Waals surface area contributed by atoms with E-state index in [0.29, 0.717) is 26.1 Å². The van der Waals surface area contributed by atoms with Crippen LogP contribution in [0.4, 0.5) is 5.95 Å². The fourth-order valence-corrected chi connectivity index (χ4v) is 4.50. The van der Waals surface area contributed by atoms with E-state index in [1.807, 2.05) is 0 Å². The summed E-state index contributed by atoms with van der Waals surface area (Å²) in [5.41, 5.74) is 4.79. The zero-order valence-corrected chi connectivity index (χ0v) is 16.2. The van der Waals surface area contributed by atoms with Gasteiger partial charge in [-0.25, -0.2) is 9.36 Å². The molecular formula is C18H23N5O7. The van der Waals surface area contributed by atoms with Crippen LogP contribution in [0.1, 0.15) is 19.1 Å². The fourth-order valence-electron chi connectivity index (χ4n) is 4.50. The number of aromatic amines is 1. The van der Waals surface area contributed by atoms with Crippen LogP contribution in [0.5, 0.6) is 0 Å². The average Bonchev–Trinajstić information content (AvgIpc) is 3.31. The summed E-state index contributed by atoms with van der Waals surface area (Å²) in [5, 5.41) is 9.84. The third kappa shape index (κ3) is 2.76. The maximum absolute atomic E-state index is 13.3. The number of hydrogen-bond donors (Lipinski definition) is 3. The first-order chi connectivity index (χ1) is 14.5. The van der Waals surface area contributed by atoms with Crippen LogP contribution in [0.25, 0.3) is 11.2 Å². The molecule has 0 aromatic carbocycles. The van der Waals surface area contributed by atoms with Crippen LogP contribution < -0.4 is 17.0 Å². The first-order valence-corrected chi connectivity index (χ1v) is 9.79. The predicted octanol–water partition coefficient (Wildman–Crippen LogP) is -1.17. The monoisotopic (exact) mass is 421 g/mol. The highest BCUT2D eigenvalue weighted by Crippen LogP contribution is 2.46. The topological polar surface area (TPSA) is 156 Å². The van der Waals surface area contributed by atoms with Crippen molar-refractivity contribution >= 4 is 17.1 Å². The summed E-state index contributed by atoms with van der Waals surface area (Å²) in [6.07, 6.45) is -0.353. The van der Waals surface area contributed by atoms with Crippen LogP contribution in [-0.4, -0.2) is 68.1 Å². The molecule has 12 nitrogen and oxygen atoms in total. The van der Waals surface area contributed by atoms with Gasteiger partial charge in [0.1, 0.15) is 18.3 Å². The predicted molar refractivity (Wildman–Crippen MR) is 103 cm³/mol. The van der Waals surface area contributed by atoms with E-state index in [0.717, 1.165) is 0 Å². The van der Waals surface area contributed by atoms with Gasteiger partial charge in [-0.2, -0.15) is 4.98 Å². The molecule has 3 aliphatic rings. The fraction of sp³-hybridized carbons (Fsp3) is 0.611. The summed E-state index contributed by atoms with van der Waals surface area (Å²) in [6.45, 7) is 4.40. The molecule has 4 atom stereocenters. The second kappa shape index (κ2) is 7.03. The van der Waals surface area contributed by atoms with Gasteiger partial charge in [0.15, 0.2) is 23.2 Å². The molecule has 0 radical (unpaired) electrons. The van der Waals surface area contributed by atoms with Gasteiger partial charge in [0, 0.05) is 19.4 Å². The Morgan fingerprint density at radius 3 is 2.73 bits per heavy atom. The summed E-state index contributed by atoms with van der Waals surface area (Å²) in [7, 11) is 0. The maximum atomic E-state index is 13.3. The molecule has 5 rings (SSSR count). The van der Waals surface area contributed by atoms with Crippen molar-refractivity contribution in [3.05, 3.63) is 33.5 Å². The summed E-state index contributed by atoms with van der Waals surface area (Å²) in [4.78, 5) is 32.4. The summed E-state index contributed by atoms with van der Waals surface area (Å²) in [6, 6.07) is 0. The Hall–Kier alpha value is -2.51. The molecule has 0 bridgehead atoms. The van der Waals surface area contributed by atoms with Gasteiger partial charge in [-0.05, 0) is 0 Å². The van der Waals surface area contributed by atoms with Gasteiger partial charge in [0.2, 0.25) is 5.95 Å². The summed E-state index contributed by atoms with van der Waals surface area (Å²) >= 11 is 0. The van der Waals surface area contributed by atoms with Gasteiger partial charge < -0.3 is 29.8 Å². The van der Waals surface area contributed by atoms with Gasteiger partial charge in [-0.3, -0.25) is 14.3 Å². The van der Waals surface area contributed by atoms with E-state index in [-0.39, 0.29) is 30.3 Å². The first kappa shape index (κ1) is 19.5. The number of fused-ring (bicyclic) bond motifs is 2. The highest BCUT2D eigenvalue weighted by atomic mass is 16.8. The molecule has 0 aliphatic carbocycles. The number of ether oxygens (including phenoxy) is 4. The average molecular weight is 421 g/mol. The molecule has 3 fully saturated rings. The molecule has 2 aromatic heterocycles. The van der Waals surface area contributed by atoms with Crippen LogP contribution >= 0.6 is 0 Å². The quantitative estimate of drug-likeness (QED) is 0.518. The van der Waals surface area contributed by atoms with Crippen molar-refractivity contribution in [2.75, 3.05) is 25.6 Å². The van der Waals surface area contributed by atoms with Crippen molar-refractivity contribution in [1.29, 1.82) is 0 Å². The lowest BCUT2D eigenvalue weighted by molar-refractivity contribution is -0.248. The van der Waals surface area contributed by atoms with E-state index in [2.05, 4.69) is 16.5 Å². The molecule has 30 heavy (non-hydrogen) atoms. The van der Waals surface area contributed by atoms with Crippen molar-refractivity contribution in [2.24, 2.45) is 0 Å². The molecule has 1 spiro atoms. The van der Waals surface area contributed by atoms with E-state index in [1.165, 1.54) is 15.2 Å². The Balaban J connectivity index is 1.65. The zero-order chi connectivity index (χ0) is 21.0. The third-order valence-electron chi connectivity index (χ3n) is 5.82. The normalized spacial score (nSPS) is 30.2. The molecule has 0 saturated carbocycles. The highest BCUT2D eigenvalue weighted by molar-refractivity contribution is 5.72. The largest absolute Gasteiger partial charge is 0.394 e. The number of hydrogen-bond acceptors (Lipinski definition) is 9. The lowest BCUT2D eigenvalue weighted by Crippen LogP contribution is -2.41. The second-order valence-corrected chi connectivity index (χ2v) is 7.61. The Morgan fingerprint density at radius 2 is 2.03 bits per heavy atom. The molecule has 12 heteroatoms. The van der Waals surface area contributed by atoms with Gasteiger partial charge in [-0.15, -0.1) is 6.58 Å². The van der Waals surface area contributed by atoms with E-state index in [9.17, 15) is 14.7 Å². The molecule has 3 saturated heterocycles. The molecule has 5 heterocycles. The second-order valence-electron chi connectivity index (χ2n) is 7.61. The number of H-pyrrole nitrogens is 1. The minimum Gasteiger partial charge on any atom is -0.394 e. The lowest BCUT2D eigenvalue weighted by Gasteiger charge is -2.33. The van der Waals surface area contributed by atoms with Crippen molar-refractivity contribution in [1.82, 2.24) is 19.1 Å². The number of nitrogens with two attached hydrogens (primary N) is 1. The van der Waals surface area contributed by atoms with Gasteiger partial charge in [-0.1, -0.05) is 6.08 Å². The number of aromatic nitrogens is 4. The highest BCUT2D eigenvalue weighted by Gasteiger charge is 2.59. The Morgan fingerprint density at radius 1 is 1.30 bits per heavy atom. The number of allylic oxidation sites excluding steroid dienone is 1. The number of aliphatic hydroxyl groups excluding tert-OH is 1. The molecule has 3 aliphatic heterocycles. The summed E-state index contributed by atoms with van der Waals surface area (Å²) < 4.78 is 26.3. The minimum atomic E-state index is -0.955. The first-order valence-electron chi connectivity index (χ1n) is 9.79. The number of nitrogen functional groups attached to an aromatic ring is 1. The van der Waals surface area contributed by atoms with E-state index < -0.39 is 41.6 Å². The van der Waals surface area contributed by atoms with Gasteiger partial charge >= 0.3 is 5.69 Å². The molecule has 2 aromatic rings. The number of aliphatic hydroxyl groups is 1. The lowest BCUT2D eigenvalue weighted by atomic mass is 10.1. The SMILES string of the molecule is C=CCn1c(=O)n([C@@H]2O[C@H](CO)[C@H]3OC4(CCOCC4)O[C@H]32)c2nc(N)[nH]c(=O)c21. The number of imidazole rings is 1. The smallest absolute Gasteiger partial charge is 0.333 e. The Bertz CT molecular complexity index is 1100. The number of anilines is 1. The Labute approximate surface area is 169 Å². The van der Waals surface area contributed by atoms with Crippen LogP contribution in [0.15, 0.2) is 22.2 Å². The van der Waals surface area contributed by atoms with Crippen molar-refractivity contribution < 1.29 is 24.1 Å².